The highest BCUT2D eigenvalue weighted by atomic mass is 16.3. The monoisotopic (exact) mass is 277 g/mol. The average Bonchev–Trinajstić information content (AvgIpc) is 2.98. The predicted octanol–water partition coefficient (Wildman–Crippen LogP) is 1.23. The average molecular weight is 277 g/mol. The molecular weight excluding hydrogens is 258 g/mol. The first kappa shape index (κ1) is 13.0. The first-order valence-corrected chi connectivity index (χ1v) is 7.11. The van der Waals surface area contributed by atoms with Gasteiger partial charge in [-0.05, 0) is 37.8 Å². The van der Waals surface area contributed by atoms with Gasteiger partial charge in [0.15, 0.2) is 0 Å². The van der Waals surface area contributed by atoms with Gasteiger partial charge in [0.25, 0.3) is 0 Å². The maximum absolute atomic E-state index is 12.2. The molecule has 6 heteroatoms. The minimum atomic E-state index is -0.358. The van der Waals surface area contributed by atoms with Crippen LogP contribution in [0.25, 0.3) is 0 Å². The Balaban J connectivity index is 1.53. The van der Waals surface area contributed by atoms with E-state index in [2.05, 4.69) is 10.6 Å². The Labute approximate surface area is 117 Å². The van der Waals surface area contributed by atoms with E-state index in [1.54, 1.807) is 17.2 Å². The van der Waals surface area contributed by atoms with Gasteiger partial charge in [0, 0.05) is 12.6 Å². The molecule has 20 heavy (non-hydrogen) atoms. The maximum atomic E-state index is 12.2. The summed E-state index contributed by atoms with van der Waals surface area (Å²) in [7, 11) is 0. The van der Waals surface area contributed by atoms with Crippen LogP contribution in [0.4, 0.5) is 4.79 Å². The van der Waals surface area contributed by atoms with Crippen molar-refractivity contribution < 1.29 is 14.0 Å². The van der Waals surface area contributed by atoms with E-state index in [1.807, 2.05) is 6.07 Å². The first-order chi connectivity index (χ1) is 9.74. The van der Waals surface area contributed by atoms with Crippen LogP contribution in [-0.4, -0.2) is 35.5 Å². The second kappa shape index (κ2) is 5.56. The Morgan fingerprint density at radius 1 is 1.35 bits per heavy atom. The normalized spacial score (nSPS) is 21.8. The molecule has 1 atom stereocenters. The van der Waals surface area contributed by atoms with Crippen molar-refractivity contribution in [1.29, 1.82) is 0 Å². The summed E-state index contributed by atoms with van der Waals surface area (Å²) in [5.41, 5.74) is 0. The molecule has 1 saturated carbocycles. The lowest BCUT2D eigenvalue weighted by Crippen LogP contribution is -2.49. The Kier molecular flexibility index (Phi) is 3.62. The van der Waals surface area contributed by atoms with Crippen LogP contribution in [0, 0.1) is 0 Å². The molecule has 2 fully saturated rings. The third kappa shape index (κ3) is 2.95. The zero-order valence-corrected chi connectivity index (χ0v) is 11.3. The standard InChI is InChI=1S/C14H19N3O3/c18-13(15-9-11-3-2-8-20-11)12-4-1-7-17(12)14(19)16-10-5-6-10/h2-3,8,10,12H,1,4-7,9H2,(H,15,18)(H,16,19)/t12-/m0/s1. The van der Waals surface area contributed by atoms with Gasteiger partial charge >= 0.3 is 6.03 Å². The van der Waals surface area contributed by atoms with E-state index in [1.165, 1.54) is 0 Å². The van der Waals surface area contributed by atoms with Gasteiger partial charge in [0.2, 0.25) is 5.91 Å². The van der Waals surface area contributed by atoms with E-state index in [4.69, 9.17) is 4.42 Å². The number of carbonyl (C=O) groups is 2. The molecule has 2 heterocycles. The second-order valence-corrected chi connectivity index (χ2v) is 5.37. The summed E-state index contributed by atoms with van der Waals surface area (Å²) in [6.07, 6.45) is 5.27. The molecule has 1 aliphatic carbocycles. The summed E-state index contributed by atoms with van der Waals surface area (Å²) < 4.78 is 5.17. The third-order valence-electron chi connectivity index (χ3n) is 3.74. The number of likely N-dealkylation sites (tertiary alicyclic amines) is 1. The van der Waals surface area contributed by atoms with Gasteiger partial charge in [-0.1, -0.05) is 0 Å². The van der Waals surface area contributed by atoms with Gasteiger partial charge in [0.05, 0.1) is 12.8 Å². The van der Waals surface area contributed by atoms with E-state index < -0.39 is 0 Å². The van der Waals surface area contributed by atoms with Crippen molar-refractivity contribution in [1.82, 2.24) is 15.5 Å². The van der Waals surface area contributed by atoms with Crippen LogP contribution in [0.15, 0.2) is 22.8 Å². The Bertz CT molecular complexity index is 482. The lowest BCUT2D eigenvalue weighted by atomic mass is 10.2. The molecule has 108 valence electrons. The van der Waals surface area contributed by atoms with E-state index in [0.717, 1.165) is 25.7 Å². The summed E-state index contributed by atoms with van der Waals surface area (Å²) in [5, 5.41) is 5.77. The number of hydrogen-bond donors (Lipinski definition) is 2. The fraction of sp³-hybridized carbons (Fsp3) is 0.571. The van der Waals surface area contributed by atoms with E-state index >= 15 is 0 Å². The highest BCUT2D eigenvalue weighted by Gasteiger charge is 2.36. The van der Waals surface area contributed by atoms with Crippen molar-refractivity contribution >= 4 is 11.9 Å². The number of carbonyl (C=O) groups excluding carboxylic acids is 2. The third-order valence-corrected chi connectivity index (χ3v) is 3.74. The minimum absolute atomic E-state index is 0.107. The summed E-state index contributed by atoms with van der Waals surface area (Å²) >= 11 is 0. The number of amides is 3. The molecule has 1 aliphatic heterocycles. The molecule has 0 radical (unpaired) electrons. The van der Waals surface area contributed by atoms with Gasteiger partial charge in [-0.2, -0.15) is 0 Å². The van der Waals surface area contributed by atoms with E-state index in [9.17, 15) is 9.59 Å². The highest BCUT2D eigenvalue weighted by molar-refractivity contribution is 5.87. The zero-order valence-electron chi connectivity index (χ0n) is 11.3. The fourth-order valence-electron chi connectivity index (χ4n) is 2.47. The molecule has 6 nitrogen and oxygen atoms in total. The lowest BCUT2D eigenvalue weighted by molar-refractivity contribution is -0.124. The van der Waals surface area contributed by atoms with Crippen LogP contribution in [0.2, 0.25) is 0 Å². The number of rotatable bonds is 4. The predicted molar refractivity (Wildman–Crippen MR) is 71.8 cm³/mol. The Morgan fingerprint density at radius 3 is 2.90 bits per heavy atom. The first-order valence-electron chi connectivity index (χ1n) is 7.11. The van der Waals surface area contributed by atoms with Gasteiger partial charge in [0.1, 0.15) is 11.8 Å². The van der Waals surface area contributed by atoms with Crippen LogP contribution >= 0.6 is 0 Å². The molecule has 2 aliphatic rings. The van der Waals surface area contributed by atoms with Crippen molar-refractivity contribution in [3.8, 4) is 0 Å². The van der Waals surface area contributed by atoms with Crippen molar-refractivity contribution in [2.75, 3.05) is 6.54 Å². The summed E-state index contributed by atoms with van der Waals surface area (Å²) in [6.45, 7) is 1.01. The summed E-state index contributed by atoms with van der Waals surface area (Å²) in [6, 6.07) is 3.45. The zero-order chi connectivity index (χ0) is 13.9. The van der Waals surface area contributed by atoms with Gasteiger partial charge in [-0.25, -0.2) is 4.79 Å². The van der Waals surface area contributed by atoms with Crippen molar-refractivity contribution in [3.05, 3.63) is 24.2 Å². The van der Waals surface area contributed by atoms with E-state index in [0.29, 0.717) is 24.9 Å². The molecule has 1 aromatic heterocycles. The number of furan rings is 1. The van der Waals surface area contributed by atoms with Crippen molar-refractivity contribution in [2.45, 2.75) is 44.3 Å². The highest BCUT2D eigenvalue weighted by Crippen LogP contribution is 2.22. The van der Waals surface area contributed by atoms with Gasteiger partial charge < -0.3 is 20.0 Å². The topological polar surface area (TPSA) is 74.6 Å². The van der Waals surface area contributed by atoms with Gasteiger partial charge in [-0.15, -0.1) is 0 Å². The molecule has 0 bridgehead atoms. The largest absolute Gasteiger partial charge is 0.467 e. The second-order valence-electron chi connectivity index (χ2n) is 5.37. The molecule has 0 spiro atoms. The Morgan fingerprint density at radius 2 is 2.20 bits per heavy atom. The quantitative estimate of drug-likeness (QED) is 0.869. The molecular formula is C14H19N3O3. The fourth-order valence-corrected chi connectivity index (χ4v) is 2.47. The van der Waals surface area contributed by atoms with E-state index in [-0.39, 0.29) is 18.0 Å². The van der Waals surface area contributed by atoms with Gasteiger partial charge in [-0.3, -0.25) is 4.79 Å². The summed E-state index contributed by atoms with van der Waals surface area (Å²) in [4.78, 5) is 25.9. The number of hydrogen-bond acceptors (Lipinski definition) is 3. The number of urea groups is 1. The number of nitrogens with one attached hydrogen (secondary N) is 2. The van der Waals surface area contributed by atoms with Crippen LogP contribution in [0.1, 0.15) is 31.4 Å². The lowest BCUT2D eigenvalue weighted by Gasteiger charge is -2.24. The maximum Gasteiger partial charge on any atom is 0.318 e. The molecule has 0 aromatic carbocycles. The number of nitrogens with zero attached hydrogens (tertiary/aromatic N) is 1. The van der Waals surface area contributed by atoms with Crippen molar-refractivity contribution in [3.63, 3.8) is 0 Å². The Hall–Kier alpha value is -1.98. The van der Waals surface area contributed by atoms with Crippen LogP contribution < -0.4 is 10.6 Å². The summed E-state index contributed by atoms with van der Waals surface area (Å²) in [5.74, 6) is 0.607. The molecule has 1 aromatic rings. The van der Waals surface area contributed by atoms with Crippen molar-refractivity contribution in [2.24, 2.45) is 0 Å². The minimum Gasteiger partial charge on any atom is -0.467 e. The molecule has 0 unspecified atom stereocenters. The molecule has 3 rings (SSSR count). The van der Waals surface area contributed by atoms with Crippen LogP contribution in [0.5, 0.6) is 0 Å². The molecule has 2 N–H and O–H groups in total. The smallest absolute Gasteiger partial charge is 0.318 e. The van der Waals surface area contributed by atoms with Crippen LogP contribution in [-0.2, 0) is 11.3 Å². The molecule has 1 saturated heterocycles. The van der Waals surface area contributed by atoms with Crippen LogP contribution in [0.3, 0.4) is 0 Å². The SMILES string of the molecule is O=C(NCc1ccco1)[C@@H]1CCCN1C(=O)NC1CC1. The molecule has 3 amide bonds.